The molecule has 0 unspecified atom stereocenters. The Morgan fingerprint density at radius 1 is 1.18 bits per heavy atom. The van der Waals surface area contributed by atoms with Crippen molar-refractivity contribution in [3.63, 3.8) is 0 Å². The topological polar surface area (TPSA) is 41.1 Å². The van der Waals surface area contributed by atoms with Crippen molar-refractivity contribution in [3.8, 4) is 11.3 Å². The van der Waals surface area contributed by atoms with Crippen LogP contribution in [-0.2, 0) is 0 Å². The predicted molar refractivity (Wildman–Crippen MR) is 89.6 cm³/mol. The number of aromatic nitrogens is 2. The summed E-state index contributed by atoms with van der Waals surface area (Å²) in [5, 5.41) is 4.75. The van der Waals surface area contributed by atoms with E-state index < -0.39 is 0 Å². The molecule has 1 aromatic heterocycles. The van der Waals surface area contributed by atoms with Crippen molar-refractivity contribution >= 4 is 29.2 Å². The second-order valence-corrected chi connectivity index (χ2v) is 6.68. The molecule has 4 rings (SSSR count). The summed E-state index contributed by atoms with van der Waals surface area (Å²) in [7, 11) is 0. The zero-order valence-corrected chi connectivity index (χ0v) is 13.5. The van der Waals surface area contributed by atoms with Crippen molar-refractivity contribution in [3.05, 3.63) is 40.5 Å². The third kappa shape index (κ3) is 2.45. The van der Waals surface area contributed by atoms with Crippen molar-refractivity contribution in [1.29, 1.82) is 0 Å². The van der Waals surface area contributed by atoms with Gasteiger partial charge < -0.3 is 10.2 Å². The quantitative estimate of drug-likeness (QED) is 0.915. The van der Waals surface area contributed by atoms with E-state index in [0.717, 1.165) is 36.8 Å². The highest BCUT2D eigenvalue weighted by atomic mass is 35.5. The second-order valence-electron chi connectivity index (χ2n) is 5.83. The van der Waals surface area contributed by atoms with Crippen LogP contribution in [0.5, 0.6) is 0 Å². The van der Waals surface area contributed by atoms with E-state index in [-0.39, 0.29) is 0 Å². The molecule has 2 aromatic rings. The summed E-state index contributed by atoms with van der Waals surface area (Å²) in [5.41, 5.74) is 1.66. The standard InChI is InChI=1S/C16H16Cl2N4/c17-11-1-2-13(18)12(7-11)14-3-5-20-16(21-14)22-6-4-10-8-19-9-15(10)22/h1-3,5,7,10,15,19H,4,6,8-9H2/t10-,15+/m0/s1. The maximum absolute atomic E-state index is 6.29. The van der Waals surface area contributed by atoms with Crippen LogP contribution in [-0.4, -0.2) is 35.6 Å². The zero-order valence-electron chi connectivity index (χ0n) is 12.0. The van der Waals surface area contributed by atoms with Crippen LogP contribution in [0.3, 0.4) is 0 Å². The fourth-order valence-electron chi connectivity index (χ4n) is 3.43. The van der Waals surface area contributed by atoms with Crippen LogP contribution in [0.1, 0.15) is 6.42 Å². The minimum Gasteiger partial charge on any atom is -0.336 e. The molecule has 0 aliphatic carbocycles. The first-order valence-corrected chi connectivity index (χ1v) is 8.24. The van der Waals surface area contributed by atoms with Crippen LogP contribution < -0.4 is 10.2 Å². The molecule has 0 radical (unpaired) electrons. The van der Waals surface area contributed by atoms with Crippen molar-refractivity contribution in [2.45, 2.75) is 12.5 Å². The Morgan fingerprint density at radius 2 is 2.09 bits per heavy atom. The number of benzene rings is 1. The molecule has 3 heterocycles. The fraction of sp³-hybridized carbons (Fsp3) is 0.375. The van der Waals surface area contributed by atoms with Crippen molar-refractivity contribution in [2.24, 2.45) is 5.92 Å². The van der Waals surface area contributed by atoms with E-state index in [9.17, 15) is 0 Å². The summed E-state index contributed by atoms with van der Waals surface area (Å²) < 4.78 is 0. The van der Waals surface area contributed by atoms with Gasteiger partial charge in [-0.2, -0.15) is 0 Å². The van der Waals surface area contributed by atoms with Gasteiger partial charge in [0.2, 0.25) is 5.95 Å². The lowest BCUT2D eigenvalue weighted by atomic mass is 10.1. The van der Waals surface area contributed by atoms with Gasteiger partial charge in [-0.15, -0.1) is 0 Å². The Labute approximate surface area is 139 Å². The van der Waals surface area contributed by atoms with Gasteiger partial charge in [0.05, 0.1) is 10.7 Å². The molecule has 2 atom stereocenters. The van der Waals surface area contributed by atoms with Gasteiger partial charge in [-0.3, -0.25) is 0 Å². The number of nitrogens with one attached hydrogen (secondary N) is 1. The number of rotatable bonds is 2. The van der Waals surface area contributed by atoms with Crippen LogP contribution in [0, 0.1) is 5.92 Å². The Hall–Kier alpha value is -1.36. The lowest BCUT2D eigenvalue weighted by Gasteiger charge is -2.23. The highest BCUT2D eigenvalue weighted by molar-refractivity contribution is 6.35. The molecule has 4 nitrogen and oxygen atoms in total. The number of anilines is 1. The molecule has 2 fully saturated rings. The van der Waals surface area contributed by atoms with Gasteiger partial charge in [0.1, 0.15) is 0 Å². The molecule has 0 spiro atoms. The van der Waals surface area contributed by atoms with Gasteiger partial charge in [-0.25, -0.2) is 9.97 Å². The number of nitrogens with zero attached hydrogens (tertiary/aromatic N) is 3. The van der Waals surface area contributed by atoms with Gasteiger partial charge in [0.25, 0.3) is 0 Å². The smallest absolute Gasteiger partial charge is 0.226 e. The lowest BCUT2D eigenvalue weighted by molar-refractivity contribution is 0.576. The molecule has 22 heavy (non-hydrogen) atoms. The average molecular weight is 335 g/mol. The fourth-order valence-corrected chi connectivity index (χ4v) is 3.81. The minimum atomic E-state index is 0.505. The first kappa shape index (κ1) is 14.2. The van der Waals surface area contributed by atoms with Crippen LogP contribution in [0.15, 0.2) is 30.5 Å². The molecule has 6 heteroatoms. The highest BCUT2D eigenvalue weighted by Crippen LogP contribution is 2.33. The van der Waals surface area contributed by atoms with E-state index in [0.29, 0.717) is 22.0 Å². The van der Waals surface area contributed by atoms with Crippen LogP contribution in [0.25, 0.3) is 11.3 Å². The number of halogens is 2. The molecular formula is C16H16Cl2N4. The van der Waals surface area contributed by atoms with Crippen LogP contribution in [0.4, 0.5) is 5.95 Å². The first-order chi connectivity index (χ1) is 10.7. The molecule has 2 aliphatic heterocycles. The van der Waals surface area contributed by atoms with Gasteiger partial charge in [-0.1, -0.05) is 23.2 Å². The molecule has 1 aromatic carbocycles. The summed E-state index contributed by atoms with van der Waals surface area (Å²) in [6, 6.07) is 7.81. The number of hydrogen-bond donors (Lipinski definition) is 1. The van der Waals surface area contributed by atoms with E-state index >= 15 is 0 Å². The Balaban J connectivity index is 1.70. The molecule has 114 valence electrons. The summed E-state index contributed by atoms with van der Waals surface area (Å²) in [6.07, 6.45) is 2.99. The monoisotopic (exact) mass is 334 g/mol. The Bertz CT molecular complexity index is 706. The van der Waals surface area contributed by atoms with Gasteiger partial charge >= 0.3 is 0 Å². The largest absolute Gasteiger partial charge is 0.336 e. The van der Waals surface area contributed by atoms with Crippen molar-refractivity contribution in [2.75, 3.05) is 24.5 Å². The zero-order chi connectivity index (χ0) is 15.1. The third-order valence-electron chi connectivity index (χ3n) is 4.55. The number of hydrogen-bond acceptors (Lipinski definition) is 4. The van der Waals surface area contributed by atoms with E-state index in [1.807, 2.05) is 12.1 Å². The second kappa shape index (κ2) is 5.69. The minimum absolute atomic E-state index is 0.505. The molecule has 1 N–H and O–H groups in total. The normalized spacial score (nSPS) is 23.8. The maximum Gasteiger partial charge on any atom is 0.226 e. The van der Waals surface area contributed by atoms with Gasteiger partial charge in [-0.05, 0) is 36.6 Å². The molecule has 2 aliphatic rings. The molecule has 0 amide bonds. The van der Waals surface area contributed by atoms with Crippen molar-refractivity contribution < 1.29 is 0 Å². The van der Waals surface area contributed by atoms with Crippen LogP contribution in [0.2, 0.25) is 10.0 Å². The first-order valence-electron chi connectivity index (χ1n) is 7.48. The van der Waals surface area contributed by atoms with E-state index in [1.165, 1.54) is 6.42 Å². The lowest BCUT2D eigenvalue weighted by Crippen LogP contribution is -2.35. The predicted octanol–water partition coefficient (Wildman–Crippen LogP) is 3.25. The molecule has 0 bridgehead atoms. The van der Waals surface area contributed by atoms with Gasteiger partial charge in [0.15, 0.2) is 0 Å². The summed E-state index contributed by atoms with van der Waals surface area (Å²) in [4.78, 5) is 11.5. The molecular weight excluding hydrogens is 319 g/mol. The van der Waals surface area contributed by atoms with E-state index in [1.54, 1.807) is 18.3 Å². The Morgan fingerprint density at radius 3 is 3.00 bits per heavy atom. The third-order valence-corrected chi connectivity index (χ3v) is 5.11. The maximum atomic E-state index is 6.29. The summed E-state index contributed by atoms with van der Waals surface area (Å²) in [6.45, 7) is 3.13. The molecule has 2 saturated heterocycles. The Kier molecular flexibility index (Phi) is 3.68. The van der Waals surface area contributed by atoms with Crippen LogP contribution >= 0.6 is 23.2 Å². The summed E-state index contributed by atoms with van der Waals surface area (Å²) in [5.74, 6) is 1.49. The SMILES string of the molecule is Clc1ccc(Cl)c(-c2ccnc(N3CC[C@H]4CNC[C@H]43)n2)c1. The van der Waals surface area contributed by atoms with E-state index in [2.05, 4.69) is 15.2 Å². The van der Waals surface area contributed by atoms with Crippen molar-refractivity contribution in [1.82, 2.24) is 15.3 Å². The summed E-state index contributed by atoms with van der Waals surface area (Å²) >= 11 is 12.4. The average Bonchev–Trinajstić information content (AvgIpc) is 3.13. The highest BCUT2D eigenvalue weighted by Gasteiger charge is 2.38. The van der Waals surface area contributed by atoms with Gasteiger partial charge in [0, 0.05) is 42.5 Å². The molecule has 0 saturated carbocycles. The van der Waals surface area contributed by atoms with E-state index in [4.69, 9.17) is 28.2 Å². The number of fused-ring (bicyclic) bond motifs is 1.